The molecule has 5 heteroatoms. The zero-order chi connectivity index (χ0) is 13.5. The fraction of sp³-hybridized carbons (Fsp3) is 0.308. The molecule has 0 saturated carbocycles. The molecule has 18 heavy (non-hydrogen) atoms. The van der Waals surface area contributed by atoms with Crippen molar-refractivity contribution in [2.24, 2.45) is 5.73 Å². The molecule has 0 aliphatic carbocycles. The molecule has 0 aromatic heterocycles. The Morgan fingerprint density at radius 2 is 1.83 bits per heavy atom. The maximum Gasteiger partial charge on any atom is 0.337 e. The van der Waals surface area contributed by atoms with Crippen LogP contribution < -0.4 is 5.73 Å². The van der Waals surface area contributed by atoms with Crippen LogP contribution in [0.4, 0.5) is 0 Å². The first-order valence-corrected chi connectivity index (χ1v) is 5.54. The van der Waals surface area contributed by atoms with E-state index in [-0.39, 0.29) is 18.6 Å². The maximum absolute atomic E-state index is 11.8. The third-order valence-electron chi connectivity index (χ3n) is 2.43. The second-order valence-electron chi connectivity index (χ2n) is 3.82. The molecule has 1 aromatic carbocycles. The molecule has 0 atom stereocenters. The molecule has 5 nitrogen and oxygen atoms in total. The van der Waals surface area contributed by atoms with Gasteiger partial charge in [-0.2, -0.15) is 0 Å². The number of rotatable bonds is 6. The summed E-state index contributed by atoms with van der Waals surface area (Å²) in [5, 5.41) is 0. The highest BCUT2D eigenvalue weighted by Crippen LogP contribution is 2.10. The number of nitrogens with two attached hydrogens (primary N) is 1. The summed E-state index contributed by atoms with van der Waals surface area (Å²) < 4.78 is 4.57. The van der Waals surface area contributed by atoms with E-state index in [2.05, 4.69) is 4.74 Å². The normalized spacial score (nSPS) is 9.83. The zero-order valence-electron chi connectivity index (χ0n) is 10.1. The van der Waals surface area contributed by atoms with Gasteiger partial charge in [-0.3, -0.25) is 9.59 Å². The number of esters is 1. The van der Waals surface area contributed by atoms with Crippen molar-refractivity contribution in [3.05, 3.63) is 35.4 Å². The van der Waals surface area contributed by atoms with E-state index < -0.39 is 11.9 Å². The van der Waals surface area contributed by atoms with Gasteiger partial charge in [0, 0.05) is 18.4 Å². The average Bonchev–Trinajstić information content (AvgIpc) is 2.37. The van der Waals surface area contributed by atoms with Crippen LogP contribution in [0.25, 0.3) is 0 Å². The molecular formula is C13H15NO4. The molecule has 0 bridgehead atoms. The lowest BCUT2D eigenvalue weighted by atomic mass is 10.0. The standard InChI is InChI=1S/C13H15NO4/c1-18-13(17)10-5-2-4-9(8-10)11(15)6-3-7-12(14)16/h2,4-5,8H,3,6-7H2,1H3,(H2,14,16). The molecule has 0 unspecified atom stereocenters. The van der Waals surface area contributed by atoms with E-state index in [1.165, 1.54) is 13.2 Å². The minimum atomic E-state index is -0.484. The van der Waals surface area contributed by atoms with Gasteiger partial charge in [-0.25, -0.2) is 4.79 Å². The number of carbonyl (C=O) groups is 3. The molecule has 0 aliphatic rings. The first-order valence-electron chi connectivity index (χ1n) is 5.54. The Hall–Kier alpha value is -2.17. The Labute approximate surface area is 105 Å². The number of ketones is 1. The first kappa shape index (κ1) is 13.9. The minimum Gasteiger partial charge on any atom is -0.465 e. The fourth-order valence-corrected chi connectivity index (χ4v) is 1.50. The molecule has 0 radical (unpaired) electrons. The number of amides is 1. The predicted octanol–water partition coefficient (Wildman–Crippen LogP) is 1.31. The molecule has 0 spiro atoms. The Balaban J connectivity index is 2.68. The van der Waals surface area contributed by atoms with Crippen LogP contribution >= 0.6 is 0 Å². The van der Waals surface area contributed by atoms with Crippen molar-refractivity contribution in [2.45, 2.75) is 19.3 Å². The predicted molar refractivity (Wildman–Crippen MR) is 65.2 cm³/mol. The lowest BCUT2D eigenvalue weighted by Gasteiger charge is -2.03. The number of benzene rings is 1. The summed E-state index contributed by atoms with van der Waals surface area (Å²) in [5.41, 5.74) is 5.75. The zero-order valence-corrected chi connectivity index (χ0v) is 10.1. The number of hydrogen-bond acceptors (Lipinski definition) is 4. The number of carbonyl (C=O) groups excluding carboxylic acids is 3. The molecule has 1 amide bonds. The van der Waals surface area contributed by atoms with E-state index in [4.69, 9.17) is 5.73 Å². The molecule has 0 heterocycles. The van der Waals surface area contributed by atoms with Crippen LogP contribution in [0, 0.1) is 0 Å². The lowest BCUT2D eigenvalue weighted by molar-refractivity contribution is -0.118. The summed E-state index contributed by atoms with van der Waals surface area (Å²) in [4.78, 5) is 33.6. The van der Waals surface area contributed by atoms with Gasteiger partial charge in [0.15, 0.2) is 5.78 Å². The summed E-state index contributed by atoms with van der Waals surface area (Å²) in [5.74, 6) is -1.03. The molecule has 1 rings (SSSR count). The maximum atomic E-state index is 11.8. The van der Waals surface area contributed by atoms with Crippen molar-refractivity contribution in [1.29, 1.82) is 0 Å². The van der Waals surface area contributed by atoms with E-state index in [0.29, 0.717) is 17.5 Å². The molecular weight excluding hydrogens is 234 g/mol. The number of primary amides is 1. The third-order valence-corrected chi connectivity index (χ3v) is 2.43. The van der Waals surface area contributed by atoms with E-state index in [1.54, 1.807) is 18.2 Å². The summed E-state index contributed by atoms with van der Waals surface area (Å²) in [6, 6.07) is 6.30. The van der Waals surface area contributed by atoms with E-state index in [1.807, 2.05) is 0 Å². The van der Waals surface area contributed by atoms with Crippen molar-refractivity contribution in [2.75, 3.05) is 7.11 Å². The van der Waals surface area contributed by atoms with Crippen molar-refractivity contribution < 1.29 is 19.1 Å². The van der Waals surface area contributed by atoms with Gasteiger partial charge in [0.1, 0.15) is 0 Å². The topological polar surface area (TPSA) is 86.5 Å². The van der Waals surface area contributed by atoms with Gasteiger partial charge in [0.2, 0.25) is 5.91 Å². The third kappa shape index (κ3) is 4.01. The Bertz CT molecular complexity index is 468. The SMILES string of the molecule is COC(=O)c1cccc(C(=O)CCCC(N)=O)c1. The first-order chi connectivity index (χ1) is 8.54. The summed E-state index contributed by atoms with van der Waals surface area (Å²) in [6.07, 6.45) is 0.826. The summed E-state index contributed by atoms with van der Waals surface area (Å²) >= 11 is 0. The number of methoxy groups -OCH3 is 1. The second kappa shape index (κ2) is 6.54. The average molecular weight is 249 g/mol. The smallest absolute Gasteiger partial charge is 0.337 e. The van der Waals surface area contributed by atoms with E-state index in [0.717, 1.165) is 0 Å². The Kier molecular flexibility index (Phi) is 5.05. The van der Waals surface area contributed by atoms with Gasteiger partial charge in [-0.15, -0.1) is 0 Å². The van der Waals surface area contributed by atoms with Gasteiger partial charge in [0.05, 0.1) is 12.7 Å². The van der Waals surface area contributed by atoms with Crippen LogP contribution in [-0.2, 0) is 9.53 Å². The summed E-state index contributed by atoms with van der Waals surface area (Å²) in [7, 11) is 1.28. The van der Waals surface area contributed by atoms with E-state index >= 15 is 0 Å². The van der Waals surface area contributed by atoms with Crippen molar-refractivity contribution in [1.82, 2.24) is 0 Å². The number of ether oxygens (including phenoxy) is 1. The Morgan fingerprint density at radius 1 is 1.17 bits per heavy atom. The van der Waals surface area contributed by atoms with Crippen LogP contribution in [0.3, 0.4) is 0 Å². The van der Waals surface area contributed by atoms with Crippen LogP contribution in [0.5, 0.6) is 0 Å². The van der Waals surface area contributed by atoms with Gasteiger partial charge in [-0.05, 0) is 18.6 Å². The summed E-state index contributed by atoms with van der Waals surface area (Å²) in [6.45, 7) is 0. The largest absolute Gasteiger partial charge is 0.465 e. The van der Waals surface area contributed by atoms with Gasteiger partial charge >= 0.3 is 5.97 Å². The van der Waals surface area contributed by atoms with Crippen LogP contribution in [0.1, 0.15) is 40.0 Å². The van der Waals surface area contributed by atoms with Gasteiger partial charge in [0.25, 0.3) is 0 Å². The van der Waals surface area contributed by atoms with Gasteiger partial charge in [-0.1, -0.05) is 12.1 Å². The highest BCUT2D eigenvalue weighted by atomic mass is 16.5. The number of hydrogen-bond donors (Lipinski definition) is 1. The molecule has 0 saturated heterocycles. The highest BCUT2D eigenvalue weighted by molar-refractivity contribution is 5.99. The Morgan fingerprint density at radius 3 is 2.44 bits per heavy atom. The monoisotopic (exact) mass is 249 g/mol. The minimum absolute atomic E-state index is 0.123. The highest BCUT2D eigenvalue weighted by Gasteiger charge is 2.10. The molecule has 0 fully saturated rings. The van der Waals surface area contributed by atoms with Crippen LogP contribution in [0.15, 0.2) is 24.3 Å². The van der Waals surface area contributed by atoms with Crippen molar-refractivity contribution in [3.8, 4) is 0 Å². The lowest BCUT2D eigenvalue weighted by Crippen LogP contribution is -2.11. The molecule has 0 aliphatic heterocycles. The van der Waals surface area contributed by atoms with Crippen LogP contribution in [-0.4, -0.2) is 24.8 Å². The van der Waals surface area contributed by atoms with Crippen molar-refractivity contribution in [3.63, 3.8) is 0 Å². The van der Waals surface area contributed by atoms with Crippen LogP contribution in [0.2, 0.25) is 0 Å². The molecule has 1 aromatic rings. The van der Waals surface area contributed by atoms with E-state index in [9.17, 15) is 14.4 Å². The number of Topliss-reactive ketones (excluding diaryl/α,β-unsaturated/α-hetero) is 1. The fourth-order valence-electron chi connectivity index (χ4n) is 1.50. The van der Waals surface area contributed by atoms with Crippen molar-refractivity contribution >= 4 is 17.7 Å². The second-order valence-corrected chi connectivity index (χ2v) is 3.82. The quantitative estimate of drug-likeness (QED) is 0.608. The molecule has 2 N–H and O–H groups in total. The molecule has 96 valence electrons. The van der Waals surface area contributed by atoms with Gasteiger partial charge < -0.3 is 10.5 Å².